The number of hydrogen-bond donors (Lipinski definition) is 0. The molecule has 2 atom stereocenters. The first-order valence-corrected chi connectivity index (χ1v) is 13.1. The highest BCUT2D eigenvalue weighted by atomic mass is 32.2. The minimum absolute atomic E-state index is 0.0162. The number of likely N-dealkylation sites (tertiary alicyclic amines) is 1. The van der Waals surface area contributed by atoms with Crippen molar-refractivity contribution in [2.45, 2.75) is 68.9 Å². The van der Waals surface area contributed by atoms with E-state index in [0.717, 1.165) is 17.7 Å². The number of aryl methyl sites for hydroxylation is 1. The fraction of sp³-hybridized carbons (Fsp3) is 0.500. The lowest BCUT2D eigenvalue weighted by Crippen LogP contribution is -2.53. The van der Waals surface area contributed by atoms with E-state index in [4.69, 9.17) is 13.7 Å². The molecule has 1 fully saturated rings. The summed E-state index contributed by atoms with van der Waals surface area (Å²) in [4.78, 5) is 14.6. The third kappa shape index (κ3) is 7.24. The molecule has 0 spiro atoms. The van der Waals surface area contributed by atoms with E-state index in [1.54, 1.807) is 32.9 Å². The van der Waals surface area contributed by atoms with Crippen molar-refractivity contribution in [3.05, 3.63) is 65.2 Å². The summed E-state index contributed by atoms with van der Waals surface area (Å²) in [5, 5.41) is 0. The van der Waals surface area contributed by atoms with Gasteiger partial charge >= 0.3 is 12.3 Å². The molecule has 2 aromatic rings. The summed E-state index contributed by atoms with van der Waals surface area (Å²) in [6.07, 6.45) is -5.95. The molecule has 11 heteroatoms. The van der Waals surface area contributed by atoms with Gasteiger partial charge in [0.15, 0.2) is 0 Å². The lowest BCUT2D eigenvalue weighted by atomic mass is 9.88. The first-order chi connectivity index (χ1) is 17.0. The van der Waals surface area contributed by atoms with Gasteiger partial charge in [-0.15, -0.1) is 0 Å². The maximum atomic E-state index is 13.2. The Balaban J connectivity index is 1.95. The van der Waals surface area contributed by atoms with E-state index >= 15 is 0 Å². The van der Waals surface area contributed by atoms with E-state index in [9.17, 15) is 26.4 Å². The van der Waals surface area contributed by atoms with E-state index in [0.29, 0.717) is 5.56 Å². The first kappa shape index (κ1) is 28.9. The molecule has 0 bridgehead atoms. The topological polar surface area (TPSA) is 82.1 Å². The van der Waals surface area contributed by atoms with Gasteiger partial charge in [-0.1, -0.05) is 29.8 Å². The summed E-state index contributed by atoms with van der Waals surface area (Å²) in [6, 6.07) is 10.8. The largest absolute Gasteiger partial charge is 0.444 e. The molecule has 0 saturated carbocycles. The Morgan fingerprint density at radius 1 is 1.05 bits per heavy atom. The van der Waals surface area contributed by atoms with Crippen LogP contribution in [0, 0.1) is 6.92 Å². The zero-order valence-corrected chi connectivity index (χ0v) is 22.3. The van der Waals surface area contributed by atoms with Gasteiger partial charge in [0.2, 0.25) is 0 Å². The van der Waals surface area contributed by atoms with Gasteiger partial charge < -0.3 is 9.47 Å². The monoisotopic (exact) mass is 543 g/mol. The van der Waals surface area contributed by atoms with Crippen LogP contribution in [0.25, 0.3) is 0 Å². The average molecular weight is 544 g/mol. The third-order valence-electron chi connectivity index (χ3n) is 5.98. The highest BCUT2D eigenvalue weighted by molar-refractivity contribution is 7.86. The van der Waals surface area contributed by atoms with Crippen LogP contribution in [0.3, 0.4) is 0 Å². The fourth-order valence-electron chi connectivity index (χ4n) is 4.40. The second kappa shape index (κ2) is 10.6. The molecule has 7 nitrogen and oxygen atoms in total. The molecular formula is C26H32F3NO6S. The normalized spacial score (nSPS) is 20.8. The quantitative estimate of drug-likeness (QED) is 0.438. The second-order valence-electron chi connectivity index (χ2n) is 10.3. The van der Waals surface area contributed by atoms with Crippen molar-refractivity contribution in [1.82, 2.24) is 4.90 Å². The number of halogens is 3. The van der Waals surface area contributed by atoms with Gasteiger partial charge in [0, 0.05) is 13.5 Å². The Hall–Kier alpha value is -2.63. The summed E-state index contributed by atoms with van der Waals surface area (Å²) in [7, 11) is -2.72. The molecule has 1 heterocycles. The number of carbonyl (C=O) groups is 1. The zero-order chi connectivity index (χ0) is 27.6. The number of alkyl halides is 3. The van der Waals surface area contributed by atoms with Crippen LogP contribution in [0.5, 0.6) is 0 Å². The SMILES string of the molecule is COC[C@]1(Cc2ccc(C(F)(F)F)cc2)C[C@@H](OS(=O)(=O)c2ccc(C)cc2)CN1C(=O)OC(C)(C)C. The zero-order valence-electron chi connectivity index (χ0n) is 21.5. The number of nitrogens with zero attached hydrogens (tertiary/aromatic N) is 1. The van der Waals surface area contributed by atoms with Crippen molar-refractivity contribution < 1.29 is 40.0 Å². The summed E-state index contributed by atoms with van der Waals surface area (Å²) in [6.45, 7) is 6.80. The van der Waals surface area contributed by atoms with E-state index in [1.165, 1.54) is 36.3 Å². The standard InChI is InChI=1S/C26H32F3NO6S/c1-18-6-12-22(13-7-18)37(32,33)36-21-15-25(17-34-5,30(16-21)23(31)35-24(2,3)4)14-19-8-10-20(11-9-19)26(27,28)29/h6-13,21H,14-17H2,1-5H3/t21-,25+/m1/s1. The Morgan fingerprint density at radius 2 is 1.65 bits per heavy atom. The summed E-state index contributed by atoms with van der Waals surface area (Å²) >= 11 is 0. The molecule has 37 heavy (non-hydrogen) atoms. The van der Waals surface area contributed by atoms with Crippen molar-refractivity contribution in [2.75, 3.05) is 20.3 Å². The van der Waals surface area contributed by atoms with Crippen LogP contribution in [0.4, 0.5) is 18.0 Å². The predicted molar refractivity (Wildman–Crippen MR) is 131 cm³/mol. The van der Waals surface area contributed by atoms with Crippen LogP contribution in [0.2, 0.25) is 0 Å². The summed E-state index contributed by atoms with van der Waals surface area (Å²) < 4.78 is 81.7. The molecule has 0 radical (unpaired) electrons. The molecule has 0 aromatic heterocycles. The van der Waals surface area contributed by atoms with E-state index < -0.39 is 45.2 Å². The van der Waals surface area contributed by atoms with Crippen molar-refractivity contribution in [3.63, 3.8) is 0 Å². The molecule has 1 amide bonds. The Labute approximate surface area is 215 Å². The molecule has 204 valence electrons. The van der Waals surface area contributed by atoms with Gasteiger partial charge in [-0.05, 0) is 63.9 Å². The minimum Gasteiger partial charge on any atom is -0.444 e. The molecule has 0 N–H and O–H groups in total. The number of rotatable bonds is 7. The molecule has 1 saturated heterocycles. The molecule has 0 unspecified atom stereocenters. The van der Waals surface area contributed by atoms with Crippen LogP contribution in [-0.2, 0) is 36.4 Å². The lowest BCUT2D eigenvalue weighted by molar-refractivity contribution is -0.137. The second-order valence-corrected chi connectivity index (χ2v) is 11.9. The van der Waals surface area contributed by atoms with Crippen LogP contribution in [0.15, 0.2) is 53.4 Å². The number of amides is 1. The lowest BCUT2D eigenvalue weighted by Gasteiger charge is -2.38. The van der Waals surface area contributed by atoms with Crippen LogP contribution in [-0.4, -0.2) is 56.9 Å². The third-order valence-corrected chi connectivity index (χ3v) is 7.36. The molecule has 1 aliphatic rings. The highest BCUT2D eigenvalue weighted by Gasteiger charge is 2.51. The Morgan fingerprint density at radius 3 is 2.16 bits per heavy atom. The van der Waals surface area contributed by atoms with Gasteiger partial charge in [-0.3, -0.25) is 9.08 Å². The number of benzene rings is 2. The van der Waals surface area contributed by atoms with E-state index in [2.05, 4.69) is 0 Å². The molecule has 1 aliphatic heterocycles. The average Bonchev–Trinajstić information content (AvgIpc) is 3.09. The van der Waals surface area contributed by atoms with Crippen molar-refractivity contribution >= 4 is 16.2 Å². The van der Waals surface area contributed by atoms with Crippen LogP contribution < -0.4 is 0 Å². The van der Waals surface area contributed by atoms with Gasteiger partial charge in [-0.25, -0.2) is 4.79 Å². The Bertz CT molecular complexity index is 1190. The fourth-order valence-corrected chi connectivity index (χ4v) is 5.47. The van der Waals surface area contributed by atoms with E-state index in [-0.39, 0.29) is 30.9 Å². The molecule has 2 aromatic carbocycles. The van der Waals surface area contributed by atoms with Crippen molar-refractivity contribution in [2.24, 2.45) is 0 Å². The smallest absolute Gasteiger partial charge is 0.416 e. The predicted octanol–water partition coefficient (Wildman–Crippen LogP) is 5.36. The highest BCUT2D eigenvalue weighted by Crippen LogP contribution is 2.38. The van der Waals surface area contributed by atoms with Gasteiger partial charge in [-0.2, -0.15) is 21.6 Å². The molecule has 3 rings (SSSR count). The molecule has 0 aliphatic carbocycles. The van der Waals surface area contributed by atoms with Gasteiger partial charge in [0.25, 0.3) is 10.1 Å². The maximum absolute atomic E-state index is 13.2. The number of ether oxygens (including phenoxy) is 2. The number of carbonyl (C=O) groups excluding carboxylic acids is 1. The summed E-state index contributed by atoms with van der Waals surface area (Å²) in [5.41, 5.74) is -1.35. The van der Waals surface area contributed by atoms with Crippen LogP contribution >= 0.6 is 0 Å². The van der Waals surface area contributed by atoms with Crippen molar-refractivity contribution in [3.8, 4) is 0 Å². The maximum Gasteiger partial charge on any atom is 0.416 e. The summed E-state index contributed by atoms with van der Waals surface area (Å²) in [5.74, 6) is 0. The minimum atomic E-state index is -4.48. The number of hydrogen-bond acceptors (Lipinski definition) is 6. The van der Waals surface area contributed by atoms with Crippen molar-refractivity contribution in [1.29, 1.82) is 0 Å². The number of methoxy groups -OCH3 is 1. The van der Waals surface area contributed by atoms with Crippen LogP contribution in [0.1, 0.15) is 43.9 Å². The van der Waals surface area contributed by atoms with E-state index in [1.807, 2.05) is 6.92 Å². The van der Waals surface area contributed by atoms with Gasteiger partial charge in [0.05, 0.1) is 35.3 Å². The Kier molecular flexibility index (Phi) is 8.31. The molecular weight excluding hydrogens is 511 g/mol. The van der Waals surface area contributed by atoms with Gasteiger partial charge in [0.1, 0.15) is 5.60 Å². The first-order valence-electron chi connectivity index (χ1n) is 11.7.